The van der Waals surface area contributed by atoms with Crippen molar-refractivity contribution in [1.82, 2.24) is 0 Å². The molecule has 2 aliphatic rings. The Hall–Kier alpha value is -3.40. The van der Waals surface area contributed by atoms with Gasteiger partial charge in [0.05, 0.1) is 0 Å². The molecule has 4 nitrogen and oxygen atoms in total. The van der Waals surface area contributed by atoms with Crippen LogP contribution in [0.5, 0.6) is 11.5 Å². The second-order valence-corrected chi connectivity index (χ2v) is 13.1. The van der Waals surface area contributed by atoms with Crippen LogP contribution >= 0.6 is 0 Å². The molecule has 0 bridgehead atoms. The van der Waals surface area contributed by atoms with E-state index in [1.807, 2.05) is 54.6 Å². The van der Waals surface area contributed by atoms with Crippen molar-refractivity contribution < 1.29 is 14.3 Å². The maximum Gasteiger partial charge on any atom is 0.225 e. The van der Waals surface area contributed by atoms with Crippen molar-refractivity contribution in [3.8, 4) is 11.5 Å². The maximum atomic E-state index is 13.6. The van der Waals surface area contributed by atoms with Crippen LogP contribution in [0, 0.1) is 5.92 Å². The molecule has 216 valence electrons. The average Bonchev–Trinajstić information content (AvgIpc) is 2.95. The van der Waals surface area contributed by atoms with Crippen molar-refractivity contribution in [2.45, 2.75) is 103 Å². The monoisotopic (exact) mass is 551 g/mol. The van der Waals surface area contributed by atoms with Crippen LogP contribution in [0.25, 0.3) is 0 Å². The molecule has 1 fully saturated rings. The molecule has 1 aliphatic carbocycles. The van der Waals surface area contributed by atoms with Gasteiger partial charge in [-0.3, -0.25) is 9.59 Å². The molecule has 0 aromatic heterocycles. The Morgan fingerprint density at radius 2 is 1.51 bits per heavy atom. The average molecular weight is 552 g/mol. The minimum atomic E-state index is -0.151. The van der Waals surface area contributed by atoms with Gasteiger partial charge in [0.15, 0.2) is 0 Å². The quantitative estimate of drug-likeness (QED) is 0.255. The van der Waals surface area contributed by atoms with Gasteiger partial charge in [0.25, 0.3) is 0 Å². The van der Waals surface area contributed by atoms with Crippen LogP contribution in [0.15, 0.2) is 66.7 Å². The highest BCUT2D eigenvalue weighted by molar-refractivity contribution is 5.93. The van der Waals surface area contributed by atoms with Crippen LogP contribution in [0.1, 0.15) is 113 Å². The van der Waals surface area contributed by atoms with Gasteiger partial charge < -0.3 is 10.1 Å². The fourth-order valence-corrected chi connectivity index (χ4v) is 6.62. The Kier molecular flexibility index (Phi) is 9.27. The first-order valence-electron chi connectivity index (χ1n) is 15.6. The van der Waals surface area contributed by atoms with Crippen molar-refractivity contribution in [2.75, 3.05) is 5.32 Å². The number of unbranched alkanes of at least 4 members (excludes halogenated alkanes) is 1. The van der Waals surface area contributed by atoms with Crippen LogP contribution in [-0.2, 0) is 21.4 Å². The Balaban J connectivity index is 1.25. The number of ketones is 1. The summed E-state index contributed by atoms with van der Waals surface area (Å²) in [6.07, 6.45) is 11.7. The lowest BCUT2D eigenvalue weighted by Crippen LogP contribution is -2.22. The Morgan fingerprint density at radius 1 is 0.854 bits per heavy atom. The molecule has 1 heterocycles. The molecule has 0 unspecified atom stereocenters. The van der Waals surface area contributed by atoms with Crippen LogP contribution < -0.4 is 10.1 Å². The third-order valence-electron chi connectivity index (χ3n) is 8.81. The fourth-order valence-electron chi connectivity index (χ4n) is 6.62. The van der Waals surface area contributed by atoms with E-state index in [-0.39, 0.29) is 23.0 Å². The summed E-state index contributed by atoms with van der Waals surface area (Å²) in [5.41, 5.74) is 4.75. The van der Waals surface area contributed by atoms with Gasteiger partial charge in [-0.1, -0.05) is 114 Å². The highest BCUT2D eigenvalue weighted by Gasteiger charge is 2.29. The second kappa shape index (κ2) is 13.1. The number of para-hydroxylation sites is 2. The lowest BCUT2D eigenvalue weighted by molar-refractivity contribution is -0.118. The van der Waals surface area contributed by atoms with Gasteiger partial charge in [0, 0.05) is 42.0 Å². The lowest BCUT2D eigenvalue weighted by atomic mass is 9.84. The van der Waals surface area contributed by atoms with Gasteiger partial charge >= 0.3 is 0 Å². The molecule has 1 N–H and O–H groups in total. The van der Waals surface area contributed by atoms with Crippen LogP contribution in [-0.4, -0.2) is 11.7 Å². The second-order valence-electron chi connectivity index (χ2n) is 13.1. The van der Waals surface area contributed by atoms with E-state index in [0.29, 0.717) is 19.3 Å². The molecule has 3 aromatic rings. The number of amides is 1. The zero-order valence-electron chi connectivity index (χ0n) is 25.0. The number of ether oxygens (including phenoxy) is 1. The van der Waals surface area contributed by atoms with E-state index in [2.05, 4.69) is 38.2 Å². The smallest absolute Gasteiger partial charge is 0.225 e. The molecule has 0 saturated heterocycles. The number of hydrogen-bond acceptors (Lipinski definition) is 3. The van der Waals surface area contributed by atoms with Gasteiger partial charge in [-0.2, -0.15) is 0 Å². The summed E-state index contributed by atoms with van der Waals surface area (Å²) in [6.45, 7) is 6.46. The summed E-state index contributed by atoms with van der Waals surface area (Å²) < 4.78 is 6.13. The molecule has 41 heavy (non-hydrogen) atoms. The molecule has 0 atom stereocenters. The first-order valence-corrected chi connectivity index (χ1v) is 15.6. The highest BCUT2D eigenvalue weighted by atomic mass is 16.5. The van der Waals surface area contributed by atoms with Crippen molar-refractivity contribution in [1.29, 1.82) is 0 Å². The fraction of sp³-hybridized carbons (Fsp3) is 0.459. The molecule has 1 saturated carbocycles. The molecular formula is C37H45NO3. The van der Waals surface area contributed by atoms with Crippen molar-refractivity contribution in [3.05, 3.63) is 89.0 Å². The Morgan fingerprint density at radius 3 is 2.17 bits per heavy atom. The summed E-state index contributed by atoms with van der Waals surface area (Å²) in [7, 11) is 0. The van der Waals surface area contributed by atoms with E-state index in [0.717, 1.165) is 58.2 Å². The molecular weight excluding hydrogens is 506 g/mol. The van der Waals surface area contributed by atoms with E-state index in [1.165, 1.54) is 38.5 Å². The van der Waals surface area contributed by atoms with Crippen LogP contribution in [0.4, 0.5) is 5.69 Å². The molecule has 5 rings (SSSR count). The number of benzene rings is 3. The number of rotatable bonds is 10. The third kappa shape index (κ3) is 7.47. The zero-order chi connectivity index (χ0) is 28.8. The number of hydrogen-bond donors (Lipinski definition) is 1. The Labute approximate surface area is 245 Å². The zero-order valence-corrected chi connectivity index (χ0v) is 25.0. The SMILES string of the molecule is CC(C)(C)c1ccc(CC(=O)CCCCC2CCCCC2)cc1NC(=O)CC1c2ccccc2Oc2ccccc21. The van der Waals surface area contributed by atoms with Crippen molar-refractivity contribution >= 4 is 17.4 Å². The predicted molar refractivity (Wildman–Crippen MR) is 167 cm³/mol. The van der Waals surface area contributed by atoms with Crippen LogP contribution in [0.3, 0.4) is 0 Å². The number of anilines is 1. The molecule has 1 aliphatic heterocycles. The lowest BCUT2D eigenvalue weighted by Gasteiger charge is -2.28. The van der Waals surface area contributed by atoms with Gasteiger partial charge in [-0.25, -0.2) is 0 Å². The largest absolute Gasteiger partial charge is 0.457 e. The summed E-state index contributed by atoms with van der Waals surface area (Å²) in [5, 5.41) is 3.24. The topological polar surface area (TPSA) is 55.4 Å². The predicted octanol–water partition coefficient (Wildman–Crippen LogP) is 9.50. The van der Waals surface area contributed by atoms with Crippen molar-refractivity contribution in [3.63, 3.8) is 0 Å². The third-order valence-corrected chi connectivity index (χ3v) is 8.81. The molecule has 1 amide bonds. The highest BCUT2D eigenvalue weighted by Crippen LogP contribution is 2.45. The van der Waals surface area contributed by atoms with E-state index >= 15 is 0 Å². The molecule has 4 heteroatoms. The molecule has 0 spiro atoms. The first-order chi connectivity index (χ1) is 19.8. The van der Waals surface area contributed by atoms with Crippen molar-refractivity contribution in [2.24, 2.45) is 5.92 Å². The number of Topliss-reactive ketones (excluding diaryl/α,β-unsaturated/α-hetero) is 1. The minimum Gasteiger partial charge on any atom is -0.457 e. The van der Waals surface area contributed by atoms with E-state index < -0.39 is 0 Å². The number of nitrogens with one attached hydrogen (secondary N) is 1. The van der Waals surface area contributed by atoms with Gasteiger partial charge in [0.1, 0.15) is 17.3 Å². The van der Waals surface area contributed by atoms with Gasteiger partial charge in [-0.05, 0) is 47.1 Å². The number of carbonyl (C=O) groups is 2. The number of carbonyl (C=O) groups excluding carboxylic acids is 2. The minimum absolute atomic E-state index is 0.0433. The van der Waals surface area contributed by atoms with Gasteiger partial charge in [-0.15, -0.1) is 0 Å². The summed E-state index contributed by atoms with van der Waals surface area (Å²) in [5.74, 6) is 2.63. The Bertz CT molecular complexity index is 1320. The maximum absolute atomic E-state index is 13.6. The first kappa shape index (κ1) is 29.1. The number of fused-ring (bicyclic) bond motifs is 2. The normalized spacial score (nSPS) is 15.5. The summed E-state index contributed by atoms with van der Waals surface area (Å²) in [6, 6.07) is 22.1. The molecule has 3 aromatic carbocycles. The van der Waals surface area contributed by atoms with E-state index in [9.17, 15) is 9.59 Å². The van der Waals surface area contributed by atoms with E-state index in [4.69, 9.17) is 4.74 Å². The van der Waals surface area contributed by atoms with E-state index in [1.54, 1.807) is 0 Å². The van der Waals surface area contributed by atoms with Gasteiger partial charge in [0.2, 0.25) is 5.91 Å². The molecule has 0 radical (unpaired) electrons. The van der Waals surface area contributed by atoms with Crippen LogP contribution in [0.2, 0.25) is 0 Å². The summed E-state index contributed by atoms with van der Waals surface area (Å²) >= 11 is 0. The standard InChI is InChI=1S/C37H45NO3/c1-37(2,3)32-22-21-27(23-28(39)16-8-7-15-26-13-5-4-6-14-26)24-33(32)38-36(40)25-31-29-17-9-11-19-34(29)41-35-20-12-10-18-30(31)35/h9-12,17-22,24,26,31H,4-8,13-16,23,25H2,1-3H3,(H,38,40). The summed E-state index contributed by atoms with van der Waals surface area (Å²) in [4.78, 5) is 26.5.